The van der Waals surface area contributed by atoms with Crippen LogP contribution in [0.25, 0.3) is 10.8 Å². The van der Waals surface area contributed by atoms with Gasteiger partial charge in [0.1, 0.15) is 5.03 Å². The summed E-state index contributed by atoms with van der Waals surface area (Å²) < 4.78 is 0. The maximum atomic E-state index is 6.00. The minimum absolute atomic E-state index is 0.440. The number of hydrogen-bond acceptors (Lipinski definition) is 3. The molecule has 0 saturated heterocycles. The van der Waals surface area contributed by atoms with Gasteiger partial charge in [-0.15, -0.1) is 0 Å². The van der Waals surface area contributed by atoms with Crippen molar-refractivity contribution < 1.29 is 0 Å². The second-order valence-corrected chi connectivity index (χ2v) is 5.18. The fourth-order valence-electron chi connectivity index (χ4n) is 1.72. The molecule has 0 spiro atoms. The number of halogens is 1. The van der Waals surface area contributed by atoms with Gasteiger partial charge in [-0.3, -0.25) is 0 Å². The van der Waals surface area contributed by atoms with Crippen molar-refractivity contribution in [3.8, 4) is 0 Å². The lowest BCUT2D eigenvalue weighted by Crippen LogP contribution is -1.84. The lowest BCUT2D eigenvalue weighted by molar-refractivity contribution is 1.06. The Bertz CT molecular complexity index is 700. The fourth-order valence-corrected chi connectivity index (χ4v) is 2.74. The molecule has 2 nitrogen and oxygen atoms in total. The molecule has 1 aromatic heterocycles. The third kappa shape index (κ3) is 2.33. The number of rotatable bonds is 2. The Morgan fingerprint density at radius 2 is 1.67 bits per heavy atom. The summed E-state index contributed by atoms with van der Waals surface area (Å²) in [5.74, 6) is 0. The highest BCUT2D eigenvalue weighted by Crippen LogP contribution is 2.31. The molecule has 4 heteroatoms. The van der Waals surface area contributed by atoms with Gasteiger partial charge in [0.05, 0.1) is 0 Å². The van der Waals surface area contributed by atoms with Gasteiger partial charge >= 0.3 is 0 Å². The molecule has 88 valence electrons. The number of fused-ring (bicyclic) bond motifs is 1. The summed E-state index contributed by atoms with van der Waals surface area (Å²) in [7, 11) is 0. The molecule has 0 atom stereocenters. The standard InChI is InChI=1S/C14H9ClN2S/c15-13-14(17-8-7-16-13)18-12-6-5-10-3-1-2-4-11(10)9-12/h1-9H. The van der Waals surface area contributed by atoms with Gasteiger partial charge < -0.3 is 0 Å². The SMILES string of the molecule is Clc1nccnc1Sc1ccc2ccccc2c1. The molecule has 0 bridgehead atoms. The van der Waals surface area contributed by atoms with E-state index in [9.17, 15) is 0 Å². The first-order chi connectivity index (χ1) is 8.83. The van der Waals surface area contributed by atoms with Crippen LogP contribution >= 0.6 is 23.4 Å². The molecule has 3 rings (SSSR count). The zero-order chi connectivity index (χ0) is 12.4. The lowest BCUT2D eigenvalue weighted by atomic mass is 10.1. The minimum atomic E-state index is 0.440. The van der Waals surface area contributed by atoms with E-state index in [-0.39, 0.29) is 0 Å². The Labute approximate surface area is 114 Å². The average Bonchev–Trinajstić information content (AvgIpc) is 2.41. The van der Waals surface area contributed by atoms with Gasteiger partial charge in [-0.1, -0.05) is 53.7 Å². The van der Waals surface area contributed by atoms with Gasteiger partial charge in [-0.2, -0.15) is 0 Å². The predicted octanol–water partition coefficient (Wildman–Crippen LogP) is 4.43. The third-order valence-electron chi connectivity index (χ3n) is 2.56. The van der Waals surface area contributed by atoms with Crippen LogP contribution in [0.4, 0.5) is 0 Å². The number of benzene rings is 2. The van der Waals surface area contributed by atoms with Crippen molar-refractivity contribution in [2.75, 3.05) is 0 Å². The molecule has 0 fully saturated rings. The van der Waals surface area contributed by atoms with Gasteiger partial charge in [0.15, 0.2) is 5.15 Å². The van der Waals surface area contributed by atoms with Crippen LogP contribution in [0.1, 0.15) is 0 Å². The number of nitrogens with zero attached hydrogens (tertiary/aromatic N) is 2. The Morgan fingerprint density at radius 1 is 0.889 bits per heavy atom. The fraction of sp³-hybridized carbons (Fsp3) is 0. The van der Waals surface area contributed by atoms with Crippen molar-refractivity contribution in [1.29, 1.82) is 0 Å². The van der Waals surface area contributed by atoms with E-state index in [4.69, 9.17) is 11.6 Å². The van der Waals surface area contributed by atoms with Crippen molar-refractivity contribution in [3.05, 3.63) is 60.0 Å². The summed E-state index contributed by atoms with van der Waals surface area (Å²) in [5.41, 5.74) is 0. The monoisotopic (exact) mass is 272 g/mol. The van der Waals surface area contributed by atoms with Crippen molar-refractivity contribution in [2.45, 2.75) is 9.92 Å². The van der Waals surface area contributed by atoms with Crippen LogP contribution in [0, 0.1) is 0 Å². The van der Waals surface area contributed by atoms with Crippen molar-refractivity contribution in [1.82, 2.24) is 9.97 Å². The van der Waals surface area contributed by atoms with Gasteiger partial charge in [0, 0.05) is 17.3 Å². The summed E-state index contributed by atoms with van der Waals surface area (Å²) in [6.45, 7) is 0. The first kappa shape index (κ1) is 11.5. The molecule has 3 aromatic rings. The molecular weight excluding hydrogens is 264 g/mol. The van der Waals surface area contributed by atoms with Crippen molar-refractivity contribution in [3.63, 3.8) is 0 Å². The topological polar surface area (TPSA) is 25.8 Å². The van der Waals surface area contributed by atoms with E-state index in [1.807, 2.05) is 12.1 Å². The summed E-state index contributed by atoms with van der Waals surface area (Å²) >= 11 is 7.52. The highest BCUT2D eigenvalue weighted by molar-refractivity contribution is 7.99. The summed E-state index contributed by atoms with van der Waals surface area (Å²) in [5, 5.41) is 3.61. The van der Waals surface area contributed by atoms with Gasteiger partial charge in [0.2, 0.25) is 0 Å². The first-order valence-corrected chi connectivity index (χ1v) is 6.65. The maximum Gasteiger partial charge on any atom is 0.161 e. The van der Waals surface area contributed by atoms with Crippen LogP contribution < -0.4 is 0 Å². The molecule has 2 aromatic carbocycles. The molecule has 0 saturated carbocycles. The number of hydrogen-bond donors (Lipinski definition) is 0. The van der Waals surface area contributed by atoms with E-state index < -0.39 is 0 Å². The van der Waals surface area contributed by atoms with Crippen LogP contribution in [0.5, 0.6) is 0 Å². The third-order valence-corrected chi connectivity index (χ3v) is 3.93. The molecule has 1 heterocycles. The summed E-state index contributed by atoms with van der Waals surface area (Å²) in [6.07, 6.45) is 3.24. The largest absolute Gasteiger partial charge is 0.245 e. The van der Waals surface area contributed by atoms with Gasteiger partial charge in [0.25, 0.3) is 0 Å². The molecule has 0 aliphatic heterocycles. The molecule has 18 heavy (non-hydrogen) atoms. The van der Waals surface area contributed by atoms with Crippen molar-refractivity contribution in [2.24, 2.45) is 0 Å². The van der Waals surface area contributed by atoms with Crippen LogP contribution in [0.15, 0.2) is 64.8 Å². The predicted molar refractivity (Wildman–Crippen MR) is 75.1 cm³/mol. The molecule has 0 unspecified atom stereocenters. The van der Waals surface area contributed by atoms with E-state index in [0.717, 1.165) is 9.92 Å². The first-order valence-electron chi connectivity index (χ1n) is 5.46. The second kappa shape index (κ2) is 4.96. The highest BCUT2D eigenvalue weighted by atomic mass is 35.5. The Hall–Kier alpha value is -1.58. The molecule has 0 aliphatic carbocycles. The van der Waals surface area contributed by atoms with E-state index in [2.05, 4.69) is 40.3 Å². The van der Waals surface area contributed by atoms with Crippen LogP contribution in [-0.2, 0) is 0 Å². The Kier molecular flexibility index (Phi) is 3.17. The molecule has 0 N–H and O–H groups in total. The molecule has 0 aliphatic rings. The van der Waals surface area contributed by atoms with E-state index >= 15 is 0 Å². The number of aromatic nitrogens is 2. The minimum Gasteiger partial charge on any atom is -0.245 e. The molecule has 0 radical (unpaired) electrons. The van der Waals surface area contributed by atoms with E-state index in [1.165, 1.54) is 22.5 Å². The summed E-state index contributed by atoms with van der Waals surface area (Å²) in [4.78, 5) is 9.35. The highest BCUT2D eigenvalue weighted by Gasteiger charge is 2.05. The smallest absolute Gasteiger partial charge is 0.161 e. The van der Waals surface area contributed by atoms with E-state index in [1.54, 1.807) is 12.4 Å². The van der Waals surface area contributed by atoms with Crippen LogP contribution in [0.2, 0.25) is 5.15 Å². The van der Waals surface area contributed by atoms with Gasteiger partial charge in [-0.05, 0) is 22.9 Å². The Balaban J connectivity index is 1.98. The van der Waals surface area contributed by atoms with E-state index in [0.29, 0.717) is 5.15 Å². The summed E-state index contributed by atoms with van der Waals surface area (Å²) in [6, 6.07) is 14.6. The maximum absolute atomic E-state index is 6.00. The molecular formula is C14H9ClN2S. The molecule has 0 amide bonds. The van der Waals surface area contributed by atoms with Crippen LogP contribution in [-0.4, -0.2) is 9.97 Å². The average molecular weight is 273 g/mol. The van der Waals surface area contributed by atoms with Crippen LogP contribution in [0.3, 0.4) is 0 Å². The van der Waals surface area contributed by atoms with Gasteiger partial charge in [-0.25, -0.2) is 9.97 Å². The van der Waals surface area contributed by atoms with Crippen molar-refractivity contribution >= 4 is 34.1 Å². The lowest BCUT2D eigenvalue weighted by Gasteiger charge is -2.03. The normalized spacial score (nSPS) is 10.7. The second-order valence-electron chi connectivity index (χ2n) is 3.76. The quantitative estimate of drug-likeness (QED) is 0.690. The zero-order valence-corrected chi connectivity index (χ0v) is 10.9. The Morgan fingerprint density at radius 3 is 2.50 bits per heavy atom. The zero-order valence-electron chi connectivity index (χ0n) is 9.38.